The molecule has 1 aliphatic rings. The first-order valence-corrected chi connectivity index (χ1v) is 11.7. The summed E-state index contributed by atoms with van der Waals surface area (Å²) in [6.45, 7) is 4.02. The number of halogens is 2. The fraction of sp³-hybridized carbons (Fsp3) is 0.222. The number of hydrogen-bond acceptors (Lipinski definition) is 4. The Morgan fingerprint density at radius 1 is 0.971 bits per heavy atom. The van der Waals surface area contributed by atoms with E-state index < -0.39 is 0 Å². The molecule has 0 unspecified atom stereocenters. The SMILES string of the molecule is C[C@H]1CN(c2nnc(-c3ccc(F)cc3)c3ccccc23)CCN1C(=O)Cc1ccc(Cl)cc1. The van der Waals surface area contributed by atoms with E-state index in [-0.39, 0.29) is 17.8 Å². The highest BCUT2D eigenvalue weighted by Crippen LogP contribution is 2.32. The van der Waals surface area contributed by atoms with E-state index >= 15 is 0 Å². The van der Waals surface area contributed by atoms with Crippen LogP contribution in [0.15, 0.2) is 72.8 Å². The van der Waals surface area contributed by atoms with Crippen LogP contribution in [-0.2, 0) is 11.2 Å². The minimum absolute atomic E-state index is 0.0332. The molecule has 0 radical (unpaired) electrons. The van der Waals surface area contributed by atoms with Gasteiger partial charge in [0.05, 0.1) is 6.42 Å². The number of anilines is 1. The predicted molar refractivity (Wildman–Crippen MR) is 133 cm³/mol. The van der Waals surface area contributed by atoms with E-state index in [0.29, 0.717) is 31.1 Å². The quantitative estimate of drug-likeness (QED) is 0.399. The van der Waals surface area contributed by atoms with Gasteiger partial charge in [0.25, 0.3) is 0 Å². The van der Waals surface area contributed by atoms with Crippen molar-refractivity contribution in [1.82, 2.24) is 15.1 Å². The van der Waals surface area contributed by atoms with Crippen LogP contribution in [0, 0.1) is 5.82 Å². The first-order valence-electron chi connectivity index (χ1n) is 11.3. The summed E-state index contributed by atoms with van der Waals surface area (Å²) in [4.78, 5) is 17.1. The fourth-order valence-corrected chi connectivity index (χ4v) is 4.67. The van der Waals surface area contributed by atoms with Gasteiger partial charge in [-0.05, 0) is 48.9 Å². The Morgan fingerprint density at radius 3 is 2.38 bits per heavy atom. The van der Waals surface area contributed by atoms with Crippen molar-refractivity contribution in [2.24, 2.45) is 0 Å². The van der Waals surface area contributed by atoms with Gasteiger partial charge in [0.1, 0.15) is 11.5 Å². The van der Waals surface area contributed by atoms with Crippen LogP contribution in [0.4, 0.5) is 10.2 Å². The highest BCUT2D eigenvalue weighted by molar-refractivity contribution is 6.30. The number of carbonyl (C=O) groups excluding carboxylic acids is 1. The number of nitrogens with zero attached hydrogens (tertiary/aromatic N) is 4. The molecule has 1 fully saturated rings. The minimum Gasteiger partial charge on any atom is -0.351 e. The van der Waals surface area contributed by atoms with Gasteiger partial charge in [-0.2, -0.15) is 0 Å². The standard InChI is InChI=1S/C27H24ClFN4O/c1-18-17-32(14-15-33(18)25(34)16-19-6-10-21(28)11-7-19)27-24-5-3-2-4-23(24)26(30-31-27)20-8-12-22(29)13-9-20/h2-13,18H,14-17H2,1H3/t18-/m0/s1. The summed E-state index contributed by atoms with van der Waals surface area (Å²) in [5, 5.41) is 11.7. The average molecular weight is 475 g/mol. The first kappa shape index (κ1) is 22.3. The number of benzene rings is 3. The van der Waals surface area contributed by atoms with E-state index in [4.69, 9.17) is 11.6 Å². The second-order valence-corrected chi connectivity index (χ2v) is 9.05. The molecule has 172 valence electrons. The van der Waals surface area contributed by atoms with Crippen LogP contribution in [0.2, 0.25) is 5.02 Å². The number of aromatic nitrogens is 2. The van der Waals surface area contributed by atoms with Gasteiger partial charge in [-0.15, -0.1) is 10.2 Å². The maximum Gasteiger partial charge on any atom is 0.227 e. The summed E-state index contributed by atoms with van der Waals surface area (Å²) in [6.07, 6.45) is 0.358. The molecule has 0 N–H and O–H groups in total. The van der Waals surface area contributed by atoms with Gasteiger partial charge in [-0.1, -0.05) is 48.0 Å². The second-order valence-electron chi connectivity index (χ2n) is 8.61. The molecule has 34 heavy (non-hydrogen) atoms. The average Bonchev–Trinajstić information content (AvgIpc) is 2.85. The lowest BCUT2D eigenvalue weighted by molar-refractivity contribution is -0.132. The summed E-state index contributed by atoms with van der Waals surface area (Å²) in [6, 6.07) is 21.8. The van der Waals surface area contributed by atoms with Crippen LogP contribution in [0.5, 0.6) is 0 Å². The van der Waals surface area contributed by atoms with Crippen molar-refractivity contribution in [3.05, 3.63) is 89.2 Å². The van der Waals surface area contributed by atoms with Gasteiger partial charge in [0, 0.05) is 47.0 Å². The largest absolute Gasteiger partial charge is 0.351 e. The Kier molecular flexibility index (Phi) is 6.16. The topological polar surface area (TPSA) is 49.3 Å². The Labute approximate surface area is 202 Å². The smallest absolute Gasteiger partial charge is 0.227 e. The Bertz CT molecular complexity index is 1330. The van der Waals surface area contributed by atoms with Crippen molar-refractivity contribution < 1.29 is 9.18 Å². The van der Waals surface area contributed by atoms with E-state index in [1.54, 1.807) is 12.1 Å². The number of amides is 1. The first-order chi connectivity index (χ1) is 16.5. The van der Waals surface area contributed by atoms with Gasteiger partial charge in [-0.3, -0.25) is 4.79 Å². The van der Waals surface area contributed by atoms with Crippen molar-refractivity contribution in [2.75, 3.05) is 24.5 Å². The molecule has 1 saturated heterocycles. The fourth-order valence-electron chi connectivity index (χ4n) is 4.54. The van der Waals surface area contributed by atoms with E-state index in [1.807, 2.05) is 53.4 Å². The maximum atomic E-state index is 13.4. The van der Waals surface area contributed by atoms with Crippen LogP contribution in [0.1, 0.15) is 12.5 Å². The second kappa shape index (κ2) is 9.39. The molecule has 0 aliphatic carbocycles. The number of piperazine rings is 1. The van der Waals surface area contributed by atoms with Gasteiger partial charge in [0.15, 0.2) is 5.82 Å². The molecule has 0 saturated carbocycles. The zero-order valence-corrected chi connectivity index (χ0v) is 19.5. The normalized spacial score (nSPS) is 16.1. The third kappa shape index (κ3) is 4.46. The summed E-state index contributed by atoms with van der Waals surface area (Å²) in [5.74, 6) is 0.630. The zero-order chi connectivity index (χ0) is 23.7. The third-order valence-electron chi connectivity index (χ3n) is 6.30. The Morgan fingerprint density at radius 2 is 1.68 bits per heavy atom. The molecule has 1 amide bonds. The van der Waals surface area contributed by atoms with Crippen molar-refractivity contribution in [1.29, 1.82) is 0 Å². The maximum absolute atomic E-state index is 13.4. The van der Waals surface area contributed by atoms with E-state index in [1.165, 1.54) is 12.1 Å². The lowest BCUT2D eigenvalue weighted by Gasteiger charge is -2.40. The Hall–Kier alpha value is -3.51. The zero-order valence-electron chi connectivity index (χ0n) is 18.8. The monoisotopic (exact) mass is 474 g/mol. The van der Waals surface area contributed by atoms with Crippen LogP contribution in [0.3, 0.4) is 0 Å². The minimum atomic E-state index is -0.282. The molecule has 7 heteroatoms. The van der Waals surface area contributed by atoms with Gasteiger partial charge < -0.3 is 9.80 Å². The summed E-state index contributed by atoms with van der Waals surface area (Å²) in [5.41, 5.74) is 2.50. The van der Waals surface area contributed by atoms with Gasteiger partial charge in [0.2, 0.25) is 5.91 Å². The van der Waals surface area contributed by atoms with Gasteiger partial charge >= 0.3 is 0 Å². The van der Waals surface area contributed by atoms with Crippen LogP contribution < -0.4 is 4.90 Å². The van der Waals surface area contributed by atoms with E-state index in [2.05, 4.69) is 22.0 Å². The van der Waals surface area contributed by atoms with Crippen LogP contribution >= 0.6 is 11.6 Å². The number of fused-ring (bicyclic) bond motifs is 1. The third-order valence-corrected chi connectivity index (χ3v) is 6.55. The van der Waals surface area contributed by atoms with Crippen LogP contribution in [0.25, 0.3) is 22.0 Å². The summed E-state index contributed by atoms with van der Waals surface area (Å²) >= 11 is 5.96. The highest BCUT2D eigenvalue weighted by atomic mass is 35.5. The number of hydrogen-bond donors (Lipinski definition) is 0. The molecular weight excluding hydrogens is 451 g/mol. The van der Waals surface area contributed by atoms with E-state index in [0.717, 1.165) is 33.4 Å². The summed E-state index contributed by atoms with van der Waals surface area (Å²) < 4.78 is 13.4. The number of rotatable bonds is 4. The molecule has 5 nitrogen and oxygen atoms in total. The van der Waals surface area contributed by atoms with Crippen molar-refractivity contribution in [3.63, 3.8) is 0 Å². The highest BCUT2D eigenvalue weighted by Gasteiger charge is 2.29. The summed E-state index contributed by atoms with van der Waals surface area (Å²) in [7, 11) is 0. The lowest BCUT2D eigenvalue weighted by Crippen LogP contribution is -2.54. The Balaban J connectivity index is 1.37. The molecule has 1 aromatic heterocycles. The lowest BCUT2D eigenvalue weighted by atomic mass is 10.0. The predicted octanol–water partition coefficient (Wildman–Crippen LogP) is 5.37. The molecule has 1 aliphatic heterocycles. The molecule has 2 heterocycles. The van der Waals surface area contributed by atoms with Crippen LogP contribution in [-0.4, -0.2) is 46.7 Å². The van der Waals surface area contributed by atoms with Crippen molar-refractivity contribution in [2.45, 2.75) is 19.4 Å². The van der Waals surface area contributed by atoms with Gasteiger partial charge in [-0.25, -0.2) is 4.39 Å². The molecule has 3 aromatic carbocycles. The van der Waals surface area contributed by atoms with E-state index in [9.17, 15) is 9.18 Å². The molecule has 0 bridgehead atoms. The number of carbonyl (C=O) groups is 1. The molecular formula is C27H24ClFN4O. The van der Waals surface area contributed by atoms with Crippen molar-refractivity contribution in [3.8, 4) is 11.3 Å². The molecule has 1 atom stereocenters. The molecule has 4 aromatic rings. The van der Waals surface area contributed by atoms with Crippen molar-refractivity contribution >= 4 is 34.1 Å². The molecule has 0 spiro atoms. The molecule has 5 rings (SSSR count).